The minimum atomic E-state index is -1.08. The van der Waals surface area contributed by atoms with Crippen LogP contribution in [0.4, 0.5) is 0 Å². The summed E-state index contributed by atoms with van der Waals surface area (Å²) in [7, 11) is 0. The highest BCUT2D eigenvalue weighted by Crippen LogP contribution is 2.20. The van der Waals surface area contributed by atoms with Gasteiger partial charge in [-0.05, 0) is 0 Å². The second kappa shape index (κ2) is 6.69. The topological polar surface area (TPSA) is 139 Å². The Morgan fingerprint density at radius 2 is 1.29 bits per heavy atom. The number of hydrogen-bond donors (Lipinski definition) is 1. The summed E-state index contributed by atoms with van der Waals surface area (Å²) < 4.78 is 0. The fraction of sp³-hybridized carbons (Fsp3) is 1.00. The first kappa shape index (κ1) is 12.2. The Morgan fingerprint density at radius 3 is 1.57 bits per heavy atom. The van der Waals surface area contributed by atoms with Gasteiger partial charge in [0.2, 0.25) is 0 Å². The first-order valence-electron chi connectivity index (χ1n) is 3.69. The maximum absolute atomic E-state index is 10.1. The zero-order chi connectivity index (χ0) is 10.9. The molecule has 0 aromatic carbocycles. The van der Waals surface area contributed by atoms with Crippen molar-refractivity contribution < 1.29 is 0 Å². The molecule has 0 saturated heterocycles. The van der Waals surface area contributed by atoms with Crippen molar-refractivity contribution >= 4 is 0 Å². The number of rotatable bonds is 8. The van der Waals surface area contributed by atoms with Gasteiger partial charge in [-0.3, -0.25) is 0 Å². The van der Waals surface area contributed by atoms with Crippen LogP contribution in [0.1, 0.15) is 0 Å². The minimum Gasteiger partial charge on any atom is -0.305 e. The molecule has 0 unspecified atom stereocenters. The summed E-state index contributed by atoms with van der Waals surface area (Å²) in [6.07, 6.45) is 0. The molecule has 0 aromatic rings. The zero-order valence-electron chi connectivity index (χ0n) is 7.37. The summed E-state index contributed by atoms with van der Waals surface area (Å²) in [6.45, 7) is -0.900. The van der Waals surface area contributed by atoms with Crippen LogP contribution in [0.3, 0.4) is 0 Å². The Hall–Kier alpha value is -1.80. The first-order valence-corrected chi connectivity index (χ1v) is 3.69. The molecule has 78 valence electrons. The van der Waals surface area contributed by atoms with Crippen LogP contribution in [0.15, 0.2) is 25.9 Å². The Kier molecular flexibility index (Phi) is 5.83. The molecule has 0 rings (SSSR count). The summed E-state index contributed by atoms with van der Waals surface area (Å²) in [4.78, 5) is 30.3. The number of nitroso groups, excluding NO2 is 3. The molecule has 0 amide bonds. The van der Waals surface area contributed by atoms with E-state index in [0.29, 0.717) is 0 Å². The van der Waals surface area contributed by atoms with E-state index in [4.69, 9.17) is 5.84 Å². The van der Waals surface area contributed by atoms with Crippen LogP contribution in [0, 0.1) is 20.1 Å². The van der Waals surface area contributed by atoms with Crippen LogP contribution in [0.2, 0.25) is 0 Å². The molecule has 0 radical (unpaired) electrons. The van der Waals surface area contributed by atoms with Gasteiger partial charge in [0.05, 0.1) is 31.6 Å². The third kappa shape index (κ3) is 3.74. The number of nitrogens with zero attached hydrogens (tertiary/aromatic N) is 5. The van der Waals surface area contributed by atoms with E-state index in [2.05, 4.69) is 25.9 Å². The Balaban J connectivity index is 4.59. The lowest BCUT2D eigenvalue weighted by atomic mass is 9.88. The summed E-state index contributed by atoms with van der Waals surface area (Å²) in [5, 5.41) is 14.2. The largest absolute Gasteiger partial charge is 0.305 e. The second-order valence-corrected chi connectivity index (χ2v) is 2.78. The van der Waals surface area contributed by atoms with E-state index >= 15 is 0 Å². The Bertz CT molecular complexity index is 203. The molecule has 0 aliphatic carbocycles. The highest BCUT2D eigenvalue weighted by Gasteiger charge is 2.32. The van der Waals surface area contributed by atoms with E-state index in [-0.39, 0.29) is 26.2 Å². The van der Waals surface area contributed by atoms with Gasteiger partial charge in [-0.2, -0.15) is 19.8 Å². The smallest absolute Gasteiger partial charge is 0.0924 e. The van der Waals surface area contributed by atoms with Crippen LogP contribution in [0.25, 0.3) is 0 Å². The average molecular weight is 202 g/mol. The maximum atomic E-state index is 10.1. The first-order chi connectivity index (χ1) is 6.74. The van der Waals surface area contributed by atoms with Gasteiger partial charge in [0, 0.05) is 0 Å². The monoisotopic (exact) mass is 202 g/mol. The lowest BCUT2D eigenvalue weighted by molar-refractivity contribution is 0.328. The molecule has 0 spiro atoms. The van der Waals surface area contributed by atoms with Gasteiger partial charge >= 0.3 is 0 Å². The van der Waals surface area contributed by atoms with E-state index in [1.54, 1.807) is 0 Å². The second-order valence-electron chi connectivity index (χ2n) is 2.78. The molecule has 0 bridgehead atoms. The molecule has 9 heteroatoms. The maximum Gasteiger partial charge on any atom is 0.0924 e. The van der Waals surface area contributed by atoms with Crippen LogP contribution in [-0.4, -0.2) is 26.2 Å². The predicted octanol–water partition coefficient (Wildman–Crippen LogP) is 0.598. The van der Waals surface area contributed by atoms with E-state index in [9.17, 15) is 14.7 Å². The quantitative estimate of drug-likeness (QED) is 0.266. The van der Waals surface area contributed by atoms with Crippen LogP contribution < -0.4 is 5.84 Å². The van der Waals surface area contributed by atoms with Crippen LogP contribution in [0.5, 0.6) is 0 Å². The van der Waals surface area contributed by atoms with Crippen molar-refractivity contribution in [2.75, 3.05) is 26.2 Å². The lowest BCUT2D eigenvalue weighted by Crippen LogP contribution is -2.34. The SMILES string of the molecule is NN=NCC(CN=O)(CN=O)CN=O. The average Bonchev–Trinajstić information content (AvgIpc) is 2.16. The van der Waals surface area contributed by atoms with Crippen molar-refractivity contribution in [3.05, 3.63) is 14.7 Å². The third-order valence-corrected chi connectivity index (χ3v) is 1.69. The van der Waals surface area contributed by atoms with Crippen LogP contribution >= 0.6 is 0 Å². The highest BCUT2D eigenvalue weighted by atomic mass is 16.3. The number of hydrogen-bond acceptors (Lipinski definition) is 8. The van der Waals surface area contributed by atoms with Crippen molar-refractivity contribution in [3.63, 3.8) is 0 Å². The summed E-state index contributed by atoms with van der Waals surface area (Å²) in [5.41, 5.74) is -1.08. The molecular weight excluding hydrogens is 192 g/mol. The van der Waals surface area contributed by atoms with Crippen molar-refractivity contribution in [2.24, 2.45) is 37.1 Å². The molecular formula is C5H10N6O3. The lowest BCUT2D eigenvalue weighted by Gasteiger charge is -2.21. The van der Waals surface area contributed by atoms with Gasteiger partial charge in [0.15, 0.2) is 0 Å². The normalized spacial score (nSPS) is 11.4. The van der Waals surface area contributed by atoms with Gasteiger partial charge in [-0.15, -0.1) is 0 Å². The highest BCUT2D eigenvalue weighted by molar-refractivity contribution is 4.87. The Labute approximate surface area is 79.0 Å². The molecule has 0 heterocycles. The van der Waals surface area contributed by atoms with Crippen molar-refractivity contribution in [3.8, 4) is 0 Å². The molecule has 0 aromatic heterocycles. The summed E-state index contributed by atoms with van der Waals surface area (Å²) in [5.74, 6) is 4.76. The molecule has 14 heavy (non-hydrogen) atoms. The van der Waals surface area contributed by atoms with Crippen LogP contribution in [-0.2, 0) is 0 Å². The molecule has 2 N–H and O–H groups in total. The minimum absolute atomic E-state index is 0.0767. The molecule has 9 nitrogen and oxygen atoms in total. The van der Waals surface area contributed by atoms with E-state index in [1.807, 2.05) is 0 Å². The van der Waals surface area contributed by atoms with Gasteiger partial charge < -0.3 is 5.84 Å². The molecule has 0 atom stereocenters. The third-order valence-electron chi connectivity index (χ3n) is 1.69. The van der Waals surface area contributed by atoms with Crippen molar-refractivity contribution in [2.45, 2.75) is 0 Å². The Morgan fingerprint density at radius 1 is 0.857 bits per heavy atom. The fourth-order valence-corrected chi connectivity index (χ4v) is 0.902. The van der Waals surface area contributed by atoms with E-state index < -0.39 is 5.41 Å². The molecule has 0 fully saturated rings. The van der Waals surface area contributed by atoms with Crippen molar-refractivity contribution in [1.82, 2.24) is 0 Å². The van der Waals surface area contributed by atoms with Gasteiger partial charge in [0.25, 0.3) is 0 Å². The van der Waals surface area contributed by atoms with E-state index in [1.165, 1.54) is 0 Å². The van der Waals surface area contributed by atoms with Gasteiger partial charge in [-0.1, -0.05) is 20.8 Å². The van der Waals surface area contributed by atoms with Crippen molar-refractivity contribution in [1.29, 1.82) is 0 Å². The predicted molar refractivity (Wildman–Crippen MR) is 48.3 cm³/mol. The standard InChI is InChI=1S/C5H10N6O3/c6-11-7-1-5(2-8-12,3-9-13)4-10-14/h1-4H2,(H2,6,7). The summed E-state index contributed by atoms with van der Waals surface area (Å²) >= 11 is 0. The fourth-order valence-electron chi connectivity index (χ4n) is 0.902. The van der Waals surface area contributed by atoms with E-state index in [0.717, 1.165) is 0 Å². The summed E-state index contributed by atoms with van der Waals surface area (Å²) in [6, 6.07) is 0. The zero-order valence-corrected chi connectivity index (χ0v) is 7.37. The number of nitrogens with two attached hydrogens (primary N) is 1. The molecule has 0 aliphatic heterocycles. The molecule has 0 saturated carbocycles. The van der Waals surface area contributed by atoms with Gasteiger partial charge in [0.1, 0.15) is 0 Å². The molecule has 0 aliphatic rings. The van der Waals surface area contributed by atoms with Gasteiger partial charge in [-0.25, -0.2) is 0 Å².